The largest absolute Gasteiger partial charge is 0.354 e. The summed E-state index contributed by atoms with van der Waals surface area (Å²) in [5, 5.41) is 4.28. The molecule has 0 aliphatic carbocycles. The van der Waals surface area contributed by atoms with Crippen LogP contribution in [0, 0.1) is 0 Å². The van der Waals surface area contributed by atoms with Crippen LogP contribution in [0.5, 0.6) is 0 Å². The van der Waals surface area contributed by atoms with Crippen molar-refractivity contribution < 1.29 is 9.59 Å². The molecule has 29 heavy (non-hydrogen) atoms. The fourth-order valence-electron chi connectivity index (χ4n) is 3.05. The quantitative estimate of drug-likeness (QED) is 0.541. The minimum atomic E-state index is -0.619. The third-order valence-corrected chi connectivity index (χ3v) is 5.70. The summed E-state index contributed by atoms with van der Waals surface area (Å²) in [6, 6.07) is 11.8. The van der Waals surface area contributed by atoms with Crippen LogP contribution in [0.1, 0.15) is 37.8 Å². The highest BCUT2D eigenvalue weighted by molar-refractivity contribution is 6.36. The van der Waals surface area contributed by atoms with E-state index in [-0.39, 0.29) is 24.8 Å². The highest BCUT2D eigenvalue weighted by atomic mass is 35.5. The molecule has 0 unspecified atom stereocenters. The van der Waals surface area contributed by atoms with E-state index in [1.807, 2.05) is 32.0 Å². The van der Waals surface area contributed by atoms with Crippen LogP contribution in [0.15, 0.2) is 42.5 Å². The van der Waals surface area contributed by atoms with E-state index in [2.05, 4.69) is 5.32 Å². The number of rotatable bonds is 9. The second kappa shape index (κ2) is 11.4. The van der Waals surface area contributed by atoms with E-state index in [0.29, 0.717) is 33.6 Å². The second-order valence-corrected chi connectivity index (χ2v) is 7.93. The first-order valence-corrected chi connectivity index (χ1v) is 10.8. The molecule has 0 aliphatic rings. The van der Waals surface area contributed by atoms with Gasteiger partial charge in [-0.25, -0.2) is 0 Å². The fourth-order valence-corrected chi connectivity index (χ4v) is 3.78. The predicted molar refractivity (Wildman–Crippen MR) is 120 cm³/mol. The van der Waals surface area contributed by atoms with Crippen molar-refractivity contribution in [1.29, 1.82) is 0 Å². The zero-order chi connectivity index (χ0) is 21.4. The van der Waals surface area contributed by atoms with Crippen LogP contribution in [0.4, 0.5) is 0 Å². The lowest BCUT2D eigenvalue weighted by molar-refractivity contribution is -0.140. The van der Waals surface area contributed by atoms with Crippen molar-refractivity contribution in [2.75, 3.05) is 6.54 Å². The van der Waals surface area contributed by atoms with E-state index >= 15 is 0 Å². The molecule has 0 heterocycles. The summed E-state index contributed by atoms with van der Waals surface area (Å²) >= 11 is 18.8. The molecule has 4 nitrogen and oxygen atoms in total. The molecule has 0 aromatic heterocycles. The SMILES string of the molecule is CCCNC(=O)[C@@H](CC)N(Cc1ccccc1Cl)C(=O)Cc1c(Cl)cccc1Cl. The zero-order valence-corrected chi connectivity index (χ0v) is 18.8. The molecule has 0 spiro atoms. The van der Waals surface area contributed by atoms with E-state index in [4.69, 9.17) is 34.8 Å². The lowest BCUT2D eigenvalue weighted by Gasteiger charge is -2.31. The Morgan fingerprint density at radius 3 is 2.17 bits per heavy atom. The van der Waals surface area contributed by atoms with Gasteiger partial charge in [0.1, 0.15) is 6.04 Å². The number of hydrogen-bond donors (Lipinski definition) is 1. The van der Waals surface area contributed by atoms with Gasteiger partial charge < -0.3 is 10.2 Å². The monoisotopic (exact) mass is 454 g/mol. The van der Waals surface area contributed by atoms with Gasteiger partial charge in [-0.1, -0.05) is 72.9 Å². The van der Waals surface area contributed by atoms with Gasteiger partial charge in [-0.05, 0) is 42.2 Å². The normalized spacial score (nSPS) is 11.8. The molecule has 2 amide bonds. The minimum Gasteiger partial charge on any atom is -0.354 e. The van der Waals surface area contributed by atoms with E-state index in [9.17, 15) is 9.59 Å². The zero-order valence-electron chi connectivity index (χ0n) is 16.6. The molecule has 2 aromatic rings. The topological polar surface area (TPSA) is 49.4 Å². The lowest BCUT2D eigenvalue weighted by atomic mass is 10.1. The van der Waals surface area contributed by atoms with Crippen molar-refractivity contribution in [2.24, 2.45) is 0 Å². The Bertz CT molecular complexity index is 837. The first-order chi connectivity index (χ1) is 13.9. The number of carbonyl (C=O) groups is 2. The lowest BCUT2D eigenvalue weighted by Crippen LogP contribution is -2.49. The third-order valence-electron chi connectivity index (χ3n) is 4.62. The fraction of sp³-hybridized carbons (Fsp3) is 0.364. The van der Waals surface area contributed by atoms with Crippen molar-refractivity contribution in [1.82, 2.24) is 10.2 Å². The van der Waals surface area contributed by atoms with Gasteiger partial charge in [0, 0.05) is 28.2 Å². The van der Waals surface area contributed by atoms with Crippen LogP contribution in [0.2, 0.25) is 15.1 Å². The molecule has 0 fully saturated rings. The van der Waals surface area contributed by atoms with E-state index in [0.717, 1.165) is 12.0 Å². The van der Waals surface area contributed by atoms with Crippen LogP contribution >= 0.6 is 34.8 Å². The molecular weight excluding hydrogens is 431 g/mol. The van der Waals surface area contributed by atoms with E-state index in [1.54, 1.807) is 29.2 Å². The maximum absolute atomic E-state index is 13.3. The molecular formula is C22H25Cl3N2O2. The molecule has 7 heteroatoms. The maximum Gasteiger partial charge on any atom is 0.242 e. The van der Waals surface area contributed by atoms with Crippen molar-refractivity contribution >= 4 is 46.6 Å². The second-order valence-electron chi connectivity index (χ2n) is 6.71. The first kappa shape index (κ1) is 23.5. The Labute approximate surface area is 187 Å². The number of benzene rings is 2. The molecule has 2 rings (SSSR count). The Balaban J connectivity index is 2.35. The van der Waals surface area contributed by atoms with E-state index < -0.39 is 6.04 Å². The summed E-state index contributed by atoms with van der Waals surface area (Å²) in [7, 11) is 0. The molecule has 0 saturated carbocycles. The summed E-state index contributed by atoms with van der Waals surface area (Å²) < 4.78 is 0. The molecule has 0 radical (unpaired) electrons. The maximum atomic E-state index is 13.3. The molecule has 0 saturated heterocycles. The van der Waals surface area contributed by atoms with Crippen LogP contribution in [-0.2, 0) is 22.6 Å². The average Bonchev–Trinajstić information content (AvgIpc) is 2.70. The van der Waals surface area contributed by atoms with Crippen molar-refractivity contribution in [3.05, 3.63) is 68.7 Å². The van der Waals surface area contributed by atoms with Gasteiger partial charge in [0.25, 0.3) is 0 Å². The van der Waals surface area contributed by atoms with Crippen LogP contribution < -0.4 is 5.32 Å². The van der Waals surface area contributed by atoms with Gasteiger partial charge in [-0.15, -0.1) is 0 Å². The standard InChI is InChI=1S/C22H25Cl3N2O2/c1-3-12-26-22(29)20(4-2)27(14-15-8-5-6-9-17(15)23)21(28)13-16-18(24)10-7-11-19(16)25/h5-11,20H,3-4,12-14H2,1-2H3,(H,26,29)/t20-/m1/s1. The number of hydrogen-bond acceptors (Lipinski definition) is 2. The van der Waals surface area contributed by atoms with Gasteiger partial charge in [0.15, 0.2) is 0 Å². The number of halogens is 3. The molecule has 1 atom stereocenters. The first-order valence-electron chi connectivity index (χ1n) is 9.62. The molecule has 2 aromatic carbocycles. The number of nitrogens with one attached hydrogen (secondary N) is 1. The Morgan fingerprint density at radius 1 is 0.966 bits per heavy atom. The number of nitrogens with zero attached hydrogens (tertiary/aromatic N) is 1. The molecule has 0 aliphatic heterocycles. The Hall–Kier alpha value is -1.75. The van der Waals surface area contributed by atoms with Crippen LogP contribution in [-0.4, -0.2) is 29.3 Å². The van der Waals surface area contributed by atoms with Crippen molar-refractivity contribution in [3.63, 3.8) is 0 Å². The average molecular weight is 456 g/mol. The minimum absolute atomic E-state index is 0.000513. The summed E-state index contributed by atoms with van der Waals surface area (Å²) in [4.78, 5) is 27.6. The Morgan fingerprint density at radius 2 is 1.59 bits per heavy atom. The predicted octanol–water partition coefficient (Wildman–Crippen LogP) is 5.52. The summed E-state index contributed by atoms with van der Waals surface area (Å²) in [6.45, 7) is 4.64. The smallest absolute Gasteiger partial charge is 0.242 e. The third kappa shape index (κ3) is 6.36. The summed E-state index contributed by atoms with van der Waals surface area (Å²) in [6.07, 6.45) is 1.29. The van der Waals surface area contributed by atoms with Crippen LogP contribution in [0.3, 0.4) is 0 Å². The van der Waals surface area contributed by atoms with Gasteiger partial charge >= 0.3 is 0 Å². The molecule has 156 valence electrons. The van der Waals surface area contributed by atoms with Gasteiger partial charge in [0.2, 0.25) is 11.8 Å². The Kier molecular flexibility index (Phi) is 9.28. The van der Waals surface area contributed by atoms with Gasteiger partial charge in [0.05, 0.1) is 6.42 Å². The highest BCUT2D eigenvalue weighted by Crippen LogP contribution is 2.27. The summed E-state index contributed by atoms with van der Waals surface area (Å²) in [5.41, 5.74) is 1.32. The van der Waals surface area contributed by atoms with Gasteiger partial charge in [-0.3, -0.25) is 9.59 Å². The van der Waals surface area contributed by atoms with Crippen LogP contribution in [0.25, 0.3) is 0 Å². The van der Waals surface area contributed by atoms with Gasteiger partial charge in [-0.2, -0.15) is 0 Å². The van der Waals surface area contributed by atoms with E-state index in [1.165, 1.54) is 0 Å². The molecule has 0 bridgehead atoms. The van der Waals surface area contributed by atoms with Crippen molar-refractivity contribution in [3.8, 4) is 0 Å². The number of carbonyl (C=O) groups excluding carboxylic acids is 2. The van der Waals surface area contributed by atoms with Crippen molar-refractivity contribution in [2.45, 2.75) is 45.7 Å². The summed E-state index contributed by atoms with van der Waals surface area (Å²) in [5.74, 6) is -0.418. The number of amides is 2. The highest BCUT2D eigenvalue weighted by Gasteiger charge is 2.29. The molecule has 1 N–H and O–H groups in total.